The number of nitrogens with one attached hydrogen (secondary N) is 2. The molecule has 10 nitrogen and oxygen atoms in total. The van der Waals surface area contributed by atoms with Crippen molar-refractivity contribution in [3.63, 3.8) is 0 Å². The van der Waals surface area contributed by atoms with Crippen LogP contribution in [0.15, 0.2) is 54.7 Å². The molecule has 0 bridgehead atoms. The molecule has 33 heavy (non-hydrogen) atoms. The molecule has 0 saturated heterocycles. The summed E-state index contributed by atoms with van der Waals surface area (Å²) in [5, 5.41) is 14.2. The highest BCUT2D eigenvalue weighted by Gasteiger charge is 2.14. The number of hydrogen-bond donors (Lipinski definition) is 3. The Morgan fingerprint density at radius 1 is 0.939 bits per heavy atom. The van der Waals surface area contributed by atoms with E-state index in [4.69, 9.17) is 14.6 Å². The fourth-order valence-corrected chi connectivity index (χ4v) is 2.68. The van der Waals surface area contributed by atoms with E-state index in [1.54, 1.807) is 24.3 Å². The lowest BCUT2D eigenvalue weighted by molar-refractivity contribution is -0.114. The zero-order valence-corrected chi connectivity index (χ0v) is 18.2. The van der Waals surface area contributed by atoms with E-state index in [9.17, 15) is 14.4 Å². The summed E-state index contributed by atoms with van der Waals surface area (Å²) >= 11 is 0. The topological polar surface area (TPSA) is 140 Å². The third kappa shape index (κ3) is 6.76. The number of pyridine rings is 2. The van der Waals surface area contributed by atoms with E-state index in [1.165, 1.54) is 31.2 Å². The van der Waals surface area contributed by atoms with Gasteiger partial charge in [-0.2, -0.15) is 4.98 Å². The van der Waals surface area contributed by atoms with Gasteiger partial charge in [0.15, 0.2) is 0 Å². The summed E-state index contributed by atoms with van der Waals surface area (Å²) in [6, 6.07) is 12.3. The number of carboxylic acid groups (broad SMARTS) is 1. The first-order chi connectivity index (χ1) is 15.7. The molecule has 0 radical (unpaired) electrons. The molecule has 0 fully saturated rings. The fourth-order valence-electron chi connectivity index (χ4n) is 2.68. The summed E-state index contributed by atoms with van der Waals surface area (Å²) in [6.07, 6.45) is 0.961. The van der Waals surface area contributed by atoms with Crippen LogP contribution in [0.3, 0.4) is 0 Å². The number of carboxylic acids is 1. The lowest BCUT2D eigenvalue weighted by Gasteiger charge is -2.13. The van der Waals surface area contributed by atoms with Crippen molar-refractivity contribution in [2.45, 2.75) is 26.9 Å². The lowest BCUT2D eigenvalue weighted by atomic mass is 10.2. The summed E-state index contributed by atoms with van der Waals surface area (Å²) in [6.45, 7) is 5.06. The van der Waals surface area contributed by atoms with Crippen molar-refractivity contribution in [1.29, 1.82) is 0 Å². The first-order valence-electron chi connectivity index (χ1n) is 9.94. The SMILES string of the molecule is CC(=O)Nc1ccc(Oc2cc(C(=O)Nc3ccc(C(=O)O)cn3)cc(OC(C)C)n2)cc1. The van der Waals surface area contributed by atoms with Gasteiger partial charge in [0.05, 0.1) is 17.2 Å². The van der Waals surface area contributed by atoms with Crippen LogP contribution >= 0.6 is 0 Å². The molecule has 0 spiro atoms. The highest BCUT2D eigenvalue weighted by Crippen LogP contribution is 2.26. The smallest absolute Gasteiger partial charge is 0.337 e. The predicted octanol–water partition coefficient (Wildman–Crippen LogP) is 3.97. The van der Waals surface area contributed by atoms with Crippen molar-refractivity contribution in [2.75, 3.05) is 10.6 Å². The van der Waals surface area contributed by atoms with Crippen molar-refractivity contribution < 1.29 is 29.0 Å². The van der Waals surface area contributed by atoms with Crippen LogP contribution in [0.25, 0.3) is 0 Å². The zero-order chi connectivity index (χ0) is 24.0. The molecule has 0 atom stereocenters. The molecule has 0 aliphatic carbocycles. The van der Waals surface area contributed by atoms with E-state index in [0.717, 1.165) is 6.20 Å². The minimum atomic E-state index is -1.11. The molecule has 0 aliphatic rings. The average molecular weight is 450 g/mol. The Morgan fingerprint density at radius 3 is 2.21 bits per heavy atom. The molecule has 1 aromatic carbocycles. The van der Waals surface area contributed by atoms with Crippen LogP contribution in [0.4, 0.5) is 11.5 Å². The van der Waals surface area contributed by atoms with Crippen molar-refractivity contribution in [2.24, 2.45) is 0 Å². The first-order valence-corrected chi connectivity index (χ1v) is 9.94. The van der Waals surface area contributed by atoms with Crippen LogP contribution in [0.2, 0.25) is 0 Å². The minimum Gasteiger partial charge on any atom is -0.478 e. The molecule has 0 aliphatic heterocycles. The van der Waals surface area contributed by atoms with E-state index in [-0.39, 0.29) is 40.7 Å². The maximum atomic E-state index is 12.8. The molecule has 10 heteroatoms. The number of carbonyl (C=O) groups excluding carboxylic acids is 2. The Hall–Kier alpha value is -4.47. The van der Waals surface area contributed by atoms with Crippen LogP contribution < -0.4 is 20.1 Å². The van der Waals surface area contributed by atoms with Gasteiger partial charge in [-0.25, -0.2) is 9.78 Å². The lowest BCUT2D eigenvalue weighted by Crippen LogP contribution is -2.15. The van der Waals surface area contributed by atoms with Gasteiger partial charge in [0, 0.05) is 30.9 Å². The van der Waals surface area contributed by atoms with E-state index >= 15 is 0 Å². The van der Waals surface area contributed by atoms with Crippen LogP contribution in [0, 0.1) is 0 Å². The van der Waals surface area contributed by atoms with Crippen LogP contribution in [0.5, 0.6) is 17.5 Å². The molecule has 0 unspecified atom stereocenters. The molecule has 0 saturated carbocycles. The number of benzene rings is 1. The molecule has 2 aromatic heterocycles. The Balaban J connectivity index is 1.82. The molecule has 170 valence electrons. The van der Waals surface area contributed by atoms with E-state index in [1.807, 2.05) is 13.8 Å². The van der Waals surface area contributed by atoms with Gasteiger partial charge in [0.2, 0.25) is 17.7 Å². The third-order valence-electron chi connectivity index (χ3n) is 4.05. The van der Waals surface area contributed by atoms with Crippen molar-refractivity contribution in [3.05, 3.63) is 65.9 Å². The predicted molar refractivity (Wildman–Crippen MR) is 120 cm³/mol. The Bertz CT molecular complexity index is 1160. The van der Waals surface area contributed by atoms with Gasteiger partial charge in [0.1, 0.15) is 11.6 Å². The third-order valence-corrected chi connectivity index (χ3v) is 4.05. The Labute approximate surface area is 189 Å². The Kier molecular flexibility index (Phi) is 7.19. The maximum Gasteiger partial charge on any atom is 0.337 e. The summed E-state index contributed by atoms with van der Waals surface area (Å²) in [5.41, 5.74) is 0.820. The van der Waals surface area contributed by atoms with Gasteiger partial charge in [-0.05, 0) is 50.2 Å². The van der Waals surface area contributed by atoms with Gasteiger partial charge in [-0.3, -0.25) is 9.59 Å². The quantitative estimate of drug-likeness (QED) is 0.468. The standard InChI is InChI=1S/C23H22N4O6/c1-13(2)32-20-10-16(22(29)26-19-9-4-15(12-24-19)23(30)31)11-21(27-20)33-18-7-5-17(6-8-18)25-14(3)28/h4-13H,1-3H3,(H,25,28)(H,30,31)(H,24,26,29). The number of hydrogen-bond acceptors (Lipinski definition) is 7. The zero-order valence-electron chi connectivity index (χ0n) is 18.2. The highest BCUT2D eigenvalue weighted by atomic mass is 16.5. The molecular formula is C23H22N4O6. The molecule has 2 heterocycles. The average Bonchev–Trinajstić information content (AvgIpc) is 2.74. The number of ether oxygens (including phenoxy) is 2. The van der Waals surface area contributed by atoms with Gasteiger partial charge in [0.25, 0.3) is 5.91 Å². The first kappa shape index (κ1) is 23.2. The number of nitrogens with zero attached hydrogens (tertiary/aromatic N) is 2. The van der Waals surface area contributed by atoms with Gasteiger partial charge < -0.3 is 25.2 Å². The molecule has 3 rings (SSSR count). The summed E-state index contributed by atoms with van der Waals surface area (Å²) in [5.74, 6) is -0.868. The monoisotopic (exact) mass is 450 g/mol. The number of aromatic carboxylic acids is 1. The highest BCUT2D eigenvalue weighted by molar-refractivity contribution is 6.04. The van der Waals surface area contributed by atoms with Crippen molar-refractivity contribution >= 4 is 29.3 Å². The number of aromatic nitrogens is 2. The van der Waals surface area contributed by atoms with E-state index in [2.05, 4.69) is 20.6 Å². The number of rotatable bonds is 8. The second kappa shape index (κ2) is 10.2. The molecule has 2 amide bonds. The second-order valence-corrected chi connectivity index (χ2v) is 7.20. The van der Waals surface area contributed by atoms with Gasteiger partial charge in [-0.1, -0.05) is 0 Å². The molecule has 3 N–H and O–H groups in total. The Morgan fingerprint density at radius 2 is 1.64 bits per heavy atom. The van der Waals surface area contributed by atoms with Crippen molar-refractivity contribution in [3.8, 4) is 17.5 Å². The molecular weight excluding hydrogens is 428 g/mol. The number of anilines is 2. The summed E-state index contributed by atoms with van der Waals surface area (Å²) in [4.78, 5) is 43.1. The number of carbonyl (C=O) groups is 3. The summed E-state index contributed by atoms with van der Waals surface area (Å²) < 4.78 is 11.4. The minimum absolute atomic E-state index is 0.00439. The summed E-state index contributed by atoms with van der Waals surface area (Å²) in [7, 11) is 0. The van der Waals surface area contributed by atoms with Crippen LogP contribution in [-0.2, 0) is 4.79 Å². The van der Waals surface area contributed by atoms with E-state index < -0.39 is 11.9 Å². The largest absolute Gasteiger partial charge is 0.478 e. The van der Waals surface area contributed by atoms with Crippen molar-refractivity contribution in [1.82, 2.24) is 9.97 Å². The van der Waals surface area contributed by atoms with Crippen LogP contribution in [-0.4, -0.2) is 39.0 Å². The normalized spacial score (nSPS) is 10.4. The fraction of sp³-hybridized carbons (Fsp3) is 0.174. The van der Waals surface area contributed by atoms with Gasteiger partial charge >= 0.3 is 5.97 Å². The van der Waals surface area contributed by atoms with E-state index in [0.29, 0.717) is 11.4 Å². The second-order valence-electron chi connectivity index (χ2n) is 7.20. The maximum absolute atomic E-state index is 12.8. The van der Waals surface area contributed by atoms with Crippen LogP contribution in [0.1, 0.15) is 41.5 Å². The molecule has 3 aromatic rings. The van der Waals surface area contributed by atoms with Gasteiger partial charge in [-0.15, -0.1) is 0 Å². The number of amides is 2.